The first-order chi connectivity index (χ1) is 9.28. The highest BCUT2D eigenvalue weighted by Gasteiger charge is 2.42. The molecular formula is C17H16N2. The Labute approximate surface area is 112 Å². The maximum Gasteiger partial charge on any atom is 0.0532 e. The maximum absolute atomic E-state index is 6.41. The Morgan fingerprint density at radius 2 is 1.58 bits per heavy atom. The van der Waals surface area contributed by atoms with Crippen molar-refractivity contribution in [3.05, 3.63) is 66.4 Å². The molecule has 2 aromatic carbocycles. The topological polar surface area (TPSA) is 30.9 Å². The molecule has 2 heteroatoms. The highest BCUT2D eigenvalue weighted by Crippen LogP contribution is 2.46. The van der Waals surface area contributed by atoms with E-state index in [0.29, 0.717) is 0 Å². The van der Waals surface area contributed by atoms with Crippen molar-refractivity contribution in [1.29, 1.82) is 0 Å². The molecular weight excluding hydrogens is 232 g/mol. The van der Waals surface area contributed by atoms with Crippen molar-refractivity contribution in [2.75, 3.05) is 0 Å². The first-order valence-electron chi connectivity index (χ1n) is 6.73. The van der Waals surface area contributed by atoms with Crippen molar-refractivity contribution in [3.63, 3.8) is 0 Å². The van der Waals surface area contributed by atoms with Crippen molar-refractivity contribution in [2.45, 2.75) is 18.4 Å². The zero-order chi connectivity index (χ0) is 12.9. The third kappa shape index (κ3) is 1.60. The largest absolute Gasteiger partial charge is 0.321 e. The number of hydrogen-bond acceptors (Lipinski definition) is 1. The molecule has 1 aliphatic rings. The highest BCUT2D eigenvalue weighted by atomic mass is 15.0. The molecule has 1 aliphatic carbocycles. The lowest BCUT2D eigenvalue weighted by atomic mass is 10.1. The predicted molar refractivity (Wildman–Crippen MR) is 78.4 cm³/mol. The van der Waals surface area contributed by atoms with E-state index < -0.39 is 0 Å². The summed E-state index contributed by atoms with van der Waals surface area (Å²) in [4.78, 5) is 0. The van der Waals surface area contributed by atoms with Gasteiger partial charge in [0.25, 0.3) is 0 Å². The molecule has 4 rings (SSSR count). The van der Waals surface area contributed by atoms with Crippen LogP contribution in [0.1, 0.15) is 18.4 Å². The molecule has 0 radical (unpaired) electrons. The molecule has 2 nitrogen and oxygen atoms in total. The number of nitrogens with zero attached hydrogens (tertiary/aromatic N) is 1. The second-order valence-electron chi connectivity index (χ2n) is 5.42. The zero-order valence-corrected chi connectivity index (χ0v) is 10.7. The van der Waals surface area contributed by atoms with E-state index in [1.165, 1.54) is 22.2 Å². The molecule has 0 saturated heterocycles. The Bertz CT molecular complexity index is 736. The molecule has 1 heterocycles. The molecule has 3 aromatic rings. The fourth-order valence-electron chi connectivity index (χ4n) is 2.78. The maximum atomic E-state index is 6.41. The monoisotopic (exact) mass is 248 g/mol. The van der Waals surface area contributed by atoms with Gasteiger partial charge in [0.1, 0.15) is 0 Å². The lowest BCUT2D eigenvalue weighted by Crippen LogP contribution is -2.18. The number of rotatable bonds is 2. The van der Waals surface area contributed by atoms with Gasteiger partial charge >= 0.3 is 0 Å². The van der Waals surface area contributed by atoms with E-state index in [4.69, 9.17) is 5.73 Å². The summed E-state index contributed by atoms with van der Waals surface area (Å²) in [7, 11) is 0. The van der Waals surface area contributed by atoms with Gasteiger partial charge in [-0.3, -0.25) is 0 Å². The lowest BCUT2D eigenvalue weighted by Gasteiger charge is -2.06. The van der Waals surface area contributed by atoms with Crippen LogP contribution in [0.4, 0.5) is 0 Å². The highest BCUT2D eigenvalue weighted by molar-refractivity contribution is 5.87. The fourth-order valence-corrected chi connectivity index (χ4v) is 2.78. The Balaban J connectivity index is 2.02. The Hall–Kier alpha value is -2.06. The summed E-state index contributed by atoms with van der Waals surface area (Å²) >= 11 is 0. The number of benzene rings is 2. The smallest absolute Gasteiger partial charge is 0.0532 e. The van der Waals surface area contributed by atoms with Gasteiger partial charge in [-0.05, 0) is 36.6 Å². The van der Waals surface area contributed by atoms with Gasteiger partial charge in [0.15, 0.2) is 0 Å². The number of fused-ring (bicyclic) bond motifs is 1. The molecule has 0 unspecified atom stereocenters. The molecule has 1 saturated carbocycles. The molecule has 0 aliphatic heterocycles. The van der Waals surface area contributed by atoms with Gasteiger partial charge in [-0.1, -0.05) is 36.4 Å². The van der Waals surface area contributed by atoms with Gasteiger partial charge in [0, 0.05) is 22.8 Å². The summed E-state index contributed by atoms with van der Waals surface area (Å²) in [5.74, 6) is 0. The van der Waals surface area contributed by atoms with Crippen LogP contribution >= 0.6 is 0 Å². The van der Waals surface area contributed by atoms with Crippen LogP contribution in [0.25, 0.3) is 16.6 Å². The minimum Gasteiger partial charge on any atom is -0.321 e. The molecule has 0 spiro atoms. The van der Waals surface area contributed by atoms with Crippen molar-refractivity contribution in [1.82, 2.24) is 4.57 Å². The molecule has 1 aromatic heterocycles. The SMILES string of the molecule is NC1(c2cn(-c3ccccc3)c3ccccc23)CC1. The zero-order valence-electron chi connectivity index (χ0n) is 10.7. The summed E-state index contributed by atoms with van der Waals surface area (Å²) in [6.07, 6.45) is 4.40. The number of para-hydroxylation sites is 2. The third-order valence-corrected chi connectivity index (χ3v) is 4.07. The molecule has 0 amide bonds. The molecule has 19 heavy (non-hydrogen) atoms. The van der Waals surface area contributed by atoms with Crippen LogP contribution in [0.5, 0.6) is 0 Å². The lowest BCUT2D eigenvalue weighted by molar-refractivity contribution is 0.745. The first kappa shape index (κ1) is 10.8. The average Bonchev–Trinajstić information content (AvgIpc) is 3.08. The minimum absolute atomic E-state index is 0.0976. The van der Waals surface area contributed by atoms with Crippen LogP contribution in [0.3, 0.4) is 0 Å². The molecule has 2 N–H and O–H groups in total. The van der Waals surface area contributed by atoms with Crippen LogP contribution in [0, 0.1) is 0 Å². The summed E-state index contributed by atoms with van der Waals surface area (Å²) in [5.41, 5.74) is 10.0. The van der Waals surface area contributed by atoms with Crippen LogP contribution < -0.4 is 5.73 Å². The van der Waals surface area contributed by atoms with E-state index in [0.717, 1.165) is 12.8 Å². The summed E-state index contributed by atoms with van der Waals surface area (Å²) in [5, 5.41) is 1.28. The van der Waals surface area contributed by atoms with E-state index in [1.807, 2.05) is 6.07 Å². The standard InChI is InChI=1S/C17H16N2/c18-17(10-11-17)15-12-19(13-6-2-1-3-7-13)16-9-5-4-8-14(15)16/h1-9,12H,10-11,18H2. The number of hydrogen-bond donors (Lipinski definition) is 1. The van der Waals surface area contributed by atoms with Gasteiger partial charge in [0.05, 0.1) is 5.52 Å². The van der Waals surface area contributed by atoms with Crippen molar-refractivity contribution >= 4 is 10.9 Å². The first-order valence-corrected chi connectivity index (χ1v) is 6.73. The van der Waals surface area contributed by atoms with Gasteiger partial charge in [0.2, 0.25) is 0 Å². The van der Waals surface area contributed by atoms with Crippen LogP contribution in [-0.2, 0) is 5.54 Å². The quantitative estimate of drug-likeness (QED) is 0.738. The summed E-state index contributed by atoms with van der Waals surface area (Å²) in [6.45, 7) is 0. The Morgan fingerprint density at radius 1 is 0.895 bits per heavy atom. The third-order valence-electron chi connectivity index (χ3n) is 4.07. The van der Waals surface area contributed by atoms with Crippen LogP contribution in [-0.4, -0.2) is 4.57 Å². The van der Waals surface area contributed by atoms with E-state index in [1.54, 1.807) is 0 Å². The molecule has 94 valence electrons. The second kappa shape index (κ2) is 3.72. The van der Waals surface area contributed by atoms with E-state index in [-0.39, 0.29) is 5.54 Å². The summed E-state index contributed by atoms with van der Waals surface area (Å²) in [6, 6.07) is 19.0. The number of nitrogens with two attached hydrogens (primary N) is 1. The molecule has 0 bridgehead atoms. The van der Waals surface area contributed by atoms with E-state index in [2.05, 4.69) is 59.3 Å². The van der Waals surface area contributed by atoms with Gasteiger partial charge < -0.3 is 10.3 Å². The minimum atomic E-state index is -0.0976. The molecule has 1 fully saturated rings. The van der Waals surface area contributed by atoms with E-state index in [9.17, 15) is 0 Å². The van der Waals surface area contributed by atoms with Crippen LogP contribution in [0.15, 0.2) is 60.8 Å². The van der Waals surface area contributed by atoms with E-state index >= 15 is 0 Å². The average molecular weight is 248 g/mol. The Morgan fingerprint density at radius 3 is 2.32 bits per heavy atom. The van der Waals surface area contributed by atoms with Crippen LogP contribution in [0.2, 0.25) is 0 Å². The molecule has 0 atom stereocenters. The Kier molecular flexibility index (Phi) is 2.12. The number of aromatic nitrogens is 1. The normalized spacial score (nSPS) is 16.7. The second-order valence-corrected chi connectivity index (χ2v) is 5.42. The van der Waals surface area contributed by atoms with Gasteiger partial charge in [-0.2, -0.15) is 0 Å². The summed E-state index contributed by atoms with van der Waals surface area (Å²) < 4.78 is 2.25. The van der Waals surface area contributed by atoms with Crippen molar-refractivity contribution < 1.29 is 0 Å². The van der Waals surface area contributed by atoms with Gasteiger partial charge in [-0.25, -0.2) is 0 Å². The van der Waals surface area contributed by atoms with Crippen molar-refractivity contribution in [3.8, 4) is 5.69 Å². The fraction of sp³-hybridized carbons (Fsp3) is 0.176. The van der Waals surface area contributed by atoms with Crippen molar-refractivity contribution in [2.24, 2.45) is 5.73 Å². The predicted octanol–water partition coefficient (Wildman–Crippen LogP) is 3.58. The van der Waals surface area contributed by atoms with Gasteiger partial charge in [-0.15, -0.1) is 0 Å².